The van der Waals surface area contributed by atoms with Gasteiger partial charge in [0.15, 0.2) is 5.78 Å². The van der Waals surface area contributed by atoms with Crippen LogP contribution in [-0.2, 0) is 6.42 Å². The molecule has 0 unspecified atom stereocenters. The maximum absolute atomic E-state index is 12.5. The number of hydrogen-bond donors (Lipinski definition) is 0. The van der Waals surface area contributed by atoms with E-state index in [9.17, 15) is 9.59 Å². The fraction of sp³-hybridized carbons (Fsp3) is 0.739. The third kappa shape index (κ3) is 9.25. The molecule has 0 N–H and O–H groups in total. The van der Waals surface area contributed by atoms with Crippen LogP contribution < -0.4 is 10.4 Å². The third-order valence-corrected chi connectivity index (χ3v) is 5.00. The minimum atomic E-state index is -0.550. The molecule has 0 radical (unpaired) electrons. The van der Waals surface area contributed by atoms with Gasteiger partial charge in [0, 0.05) is 18.9 Å². The summed E-state index contributed by atoms with van der Waals surface area (Å²) in [5.41, 5.74) is -0.468. The maximum Gasteiger partial charge on any atom is 0.350 e. The van der Waals surface area contributed by atoms with Crippen molar-refractivity contribution in [2.24, 2.45) is 0 Å². The molecule has 0 aliphatic rings. The molecule has 154 valence electrons. The average Bonchev–Trinajstić information content (AvgIpc) is 2.66. The van der Waals surface area contributed by atoms with Gasteiger partial charge in [0.2, 0.25) is 0 Å². The monoisotopic (exact) mass is 378 g/mol. The summed E-state index contributed by atoms with van der Waals surface area (Å²) in [6.07, 6.45) is 14.8. The molecule has 0 saturated carbocycles. The summed E-state index contributed by atoms with van der Waals surface area (Å²) in [5, 5.41) is 0. The van der Waals surface area contributed by atoms with Gasteiger partial charge in [-0.05, 0) is 12.8 Å². The summed E-state index contributed by atoms with van der Waals surface area (Å²) >= 11 is 0. The molecule has 0 bridgehead atoms. The highest BCUT2D eigenvalue weighted by atomic mass is 16.5. The predicted octanol–water partition coefficient (Wildman–Crippen LogP) is 6.48. The maximum atomic E-state index is 12.5. The predicted molar refractivity (Wildman–Crippen MR) is 111 cm³/mol. The number of ketones is 1. The van der Waals surface area contributed by atoms with Gasteiger partial charge in [0.05, 0.1) is 7.11 Å². The Kier molecular flexibility index (Phi) is 12.6. The van der Waals surface area contributed by atoms with Crippen molar-refractivity contribution < 1.29 is 13.9 Å². The molecule has 0 aromatic carbocycles. The Balaban J connectivity index is 2.53. The summed E-state index contributed by atoms with van der Waals surface area (Å²) < 4.78 is 10.7. The number of rotatable bonds is 16. The number of hydrogen-bond acceptors (Lipinski definition) is 4. The van der Waals surface area contributed by atoms with E-state index in [0.717, 1.165) is 32.1 Å². The van der Waals surface area contributed by atoms with E-state index in [1.807, 2.05) is 0 Å². The standard InChI is InChI=1S/C23H38O4/c1-4-6-8-10-11-13-15-17-20(24)22-21(26-3)18-19(27-23(22)25)16-14-12-9-7-5-2/h18H,4-17H2,1-3H3. The summed E-state index contributed by atoms with van der Waals surface area (Å²) in [5.74, 6) is 0.812. The number of carbonyl (C=O) groups is 1. The molecule has 4 heteroatoms. The highest BCUT2D eigenvalue weighted by molar-refractivity contribution is 5.98. The van der Waals surface area contributed by atoms with Gasteiger partial charge in [0.25, 0.3) is 0 Å². The summed E-state index contributed by atoms with van der Waals surface area (Å²) in [6.45, 7) is 4.39. The first-order chi connectivity index (χ1) is 13.1. The summed E-state index contributed by atoms with van der Waals surface area (Å²) in [4.78, 5) is 24.8. The normalized spacial score (nSPS) is 10.9. The van der Waals surface area contributed by atoms with Crippen LogP contribution in [0.1, 0.15) is 113 Å². The molecular formula is C23H38O4. The van der Waals surface area contributed by atoms with Gasteiger partial charge in [-0.3, -0.25) is 4.79 Å². The number of Topliss-reactive ketones (excluding diaryl/α,β-unsaturated/α-hetero) is 1. The Bertz CT molecular complexity index is 589. The van der Waals surface area contributed by atoms with Crippen molar-refractivity contribution in [2.45, 2.75) is 104 Å². The lowest BCUT2D eigenvalue weighted by Crippen LogP contribution is -2.17. The van der Waals surface area contributed by atoms with Crippen molar-refractivity contribution in [2.75, 3.05) is 7.11 Å². The second-order valence-electron chi connectivity index (χ2n) is 7.40. The smallest absolute Gasteiger partial charge is 0.350 e. The molecule has 1 aromatic heterocycles. The molecule has 1 aromatic rings. The Hall–Kier alpha value is -1.58. The second kappa shape index (κ2) is 14.5. The fourth-order valence-electron chi connectivity index (χ4n) is 3.32. The minimum absolute atomic E-state index is 0.0817. The van der Waals surface area contributed by atoms with Crippen molar-refractivity contribution in [3.8, 4) is 5.75 Å². The van der Waals surface area contributed by atoms with Gasteiger partial charge in [-0.15, -0.1) is 0 Å². The average molecular weight is 379 g/mol. The number of aryl methyl sites for hydroxylation is 1. The molecule has 1 rings (SSSR count). The molecule has 0 fully saturated rings. The van der Waals surface area contributed by atoms with Crippen molar-refractivity contribution in [1.29, 1.82) is 0 Å². The van der Waals surface area contributed by atoms with Crippen molar-refractivity contribution >= 4 is 5.78 Å². The Morgan fingerprint density at radius 1 is 0.889 bits per heavy atom. The van der Waals surface area contributed by atoms with E-state index >= 15 is 0 Å². The molecule has 27 heavy (non-hydrogen) atoms. The lowest BCUT2D eigenvalue weighted by atomic mass is 10.0. The largest absolute Gasteiger partial charge is 0.496 e. The molecule has 0 amide bonds. The van der Waals surface area contributed by atoms with E-state index in [1.54, 1.807) is 6.07 Å². The lowest BCUT2D eigenvalue weighted by molar-refractivity contribution is 0.0971. The topological polar surface area (TPSA) is 56.5 Å². The Morgan fingerprint density at radius 2 is 1.44 bits per heavy atom. The molecule has 0 saturated heterocycles. The summed E-state index contributed by atoms with van der Waals surface area (Å²) in [6, 6.07) is 1.72. The summed E-state index contributed by atoms with van der Waals surface area (Å²) in [7, 11) is 1.50. The fourth-order valence-corrected chi connectivity index (χ4v) is 3.32. The van der Waals surface area contributed by atoms with Gasteiger partial charge < -0.3 is 9.15 Å². The van der Waals surface area contributed by atoms with Crippen LogP contribution in [0.5, 0.6) is 5.75 Å². The van der Waals surface area contributed by atoms with Crippen LogP contribution in [0.3, 0.4) is 0 Å². The zero-order chi connectivity index (χ0) is 19.9. The Labute approximate surface area is 164 Å². The lowest BCUT2D eigenvalue weighted by Gasteiger charge is -2.09. The zero-order valence-corrected chi connectivity index (χ0v) is 17.6. The van der Waals surface area contributed by atoms with Crippen LogP contribution in [0.25, 0.3) is 0 Å². The van der Waals surface area contributed by atoms with Gasteiger partial charge >= 0.3 is 5.63 Å². The van der Waals surface area contributed by atoms with E-state index < -0.39 is 5.63 Å². The minimum Gasteiger partial charge on any atom is -0.496 e. The first-order valence-corrected chi connectivity index (χ1v) is 10.9. The SMILES string of the molecule is CCCCCCCCCC(=O)c1c(OC)cc(CCCCCCC)oc1=O. The molecule has 0 aliphatic heterocycles. The van der Waals surface area contributed by atoms with E-state index in [0.29, 0.717) is 24.4 Å². The van der Waals surface area contributed by atoms with Crippen LogP contribution in [0.2, 0.25) is 0 Å². The number of unbranched alkanes of at least 4 members (excludes halogenated alkanes) is 10. The van der Waals surface area contributed by atoms with Crippen molar-refractivity contribution in [3.63, 3.8) is 0 Å². The zero-order valence-electron chi connectivity index (χ0n) is 17.6. The van der Waals surface area contributed by atoms with Crippen LogP contribution >= 0.6 is 0 Å². The van der Waals surface area contributed by atoms with Gasteiger partial charge in [-0.2, -0.15) is 0 Å². The molecular weight excluding hydrogens is 340 g/mol. The van der Waals surface area contributed by atoms with Crippen LogP contribution in [0.15, 0.2) is 15.3 Å². The van der Waals surface area contributed by atoms with Crippen molar-refractivity contribution in [1.82, 2.24) is 0 Å². The van der Waals surface area contributed by atoms with Gasteiger partial charge in [-0.1, -0.05) is 78.1 Å². The van der Waals surface area contributed by atoms with Gasteiger partial charge in [-0.25, -0.2) is 4.79 Å². The van der Waals surface area contributed by atoms with Crippen LogP contribution in [0, 0.1) is 0 Å². The third-order valence-electron chi connectivity index (χ3n) is 5.00. The Morgan fingerprint density at radius 3 is 2.04 bits per heavy atom. The molecule has 4 nitrogen and oxygen atoms in total. The van der Waals surface area contributed by atoms with Gasteiger partial charge in [0.1, 0.15) is 17.1 Å². The second-order valence-corrected chi connectivity index (χ2v) is 7.40. The highest BCUT2D eigenvalue weighted by Gasteiger charge is 2.19. The first-order valence-electron chi connectivity index (χ1n) is 10.9. The van der Waals surface area contributed by atoms with E-state index in [1.165, 1.54) is 52.1 Å². The van der Waals surface area contributed by atoms with E-state index in [4.69, 9.17) is 9.15 Å². The van der Waals surface area contributed by atoms with E-state index in [-0.39, 0.29) is 11.3 Å². The number of methoxy groups -OCH3 is 1. The molecule has 0 atom stereocenters. The molecule has 1 heterocycles. The van der Waals surface area contributed by atoms with Crippen molar-refractivity contribution in [3.05, 3.63) is 27.8 Å². The quantitative estimate of drug-likeness (QED) is 0.244. The van der Waals surface area contributed by atoms with E-state index in [2.05, 4.69) is 13.8 Å². The number of carbonyl (C=O) groups excluding carboxylic acids is 1. The van der Waals surface area contributed by atoms with Crippen LogP contribution in [-0.4, -0.2) is 12.9 Å². The molecule has 0 aliphatic carbocycles. The first kappa shape index (κ1) is 23.5. The highest BCUT2D eigenvalue weighted by Crippen LogP contribution is 2.21. The molecule has 0 spiro atoms. The van der Waals surface area contributed by atoms with Crippen LogP contribution in [0.4, 0.5) is 0 Å². The number of ether oxygens (including phenoxy) is 1.